The summed E-state index contributed by atoms with van der Waals surface area (Å²) in [5.74, 6) is 0. The molecule has 0 spiro atoms. The minimum absolute atomic E-state index is 0.117. The molecule has 98 valence electrons. The fourth-order valence-corrected chi connectivity index (χ4v) is 2.41. The Morgan fingerprint density at radius 2 is 2.33 bits per heavy atom. The molecule has 0 amide bonds. The van der Waals surface area contributed by atoms with Gasteiger partial charge in [-0.2, -0.15) is 0 Å². The third-order valence-corrected chi connectivity index (χ3v) is 3.40. The molecule has 0 aliphatic carbocycles. The minimum Gasteiger partial charge on any atom is -0.463 e. The Kier molecular flexibility index (Phi) is 4.11. The summed E-state index contributed by atoms with van der Waals surface area (Å²) in [7, 11) is 0. The SMILES string of the molecule is CC(C)N(CC1COC(N)=N1)c1cccc(Br)c1. The smallest absolute Gasteiger partial charge is 0.282 e. The van der Waals surface area contributed by atoms with Crippen molar-refractivity contribution < 1.29 is 4.74 Å². The first-order valence-electron chi connectivity index (χ1n) is 6.04. The zero-order chi connectivity index (χ0) is 13.1. The van der Waals surface area contributed by atoms with Crippen LogP contribution >= 0.6 is 15.9 Å². The van der Waals surface area contributed by atoms with Crippen LogP contribution in [-0.2, 0) is 4.74 Å². The highest BCUT2D eigenvalue weighted by atomic mass is 79.9. The highest BCUT2D eigenvalue weighted by molar-refractivity contribution is 9.10. The first-order valence-corrected chi connectivity index (χ1v) is 6.84. The second kappa shape index (κ2) is 5.61. The third-order valence-electron chi connectivity index (χ3n) is 2.90. The first-order chi connectivity index (χ1) is 8.56. The zero-order valence-electron chi connectivity index (χ0n) is 10.6. The molecule has 0 radical (unpaired) electrons. The number of rotatable bonds is 4. The predicted molar refractivity (Wildman–Crippen MR) is 78.0 cm³/mol. The summed E-state index contributed by atoms with van der Waals surface area (Å²) >= 11 is 3.50. The van der Waals surface area contributed by atoms with Gasteiger partial charge < -0.3 is 15.4 Å². The van der Waals surface area contributed by atoms with Gasteiger partial charge in [0.15, 0.2) is 0 Å². The molecule has 1 aromatic rings. The van der Waals surface area contributed by atoms with Crippen LogP contribution in [0.3, 0.4) is 0 Å². The molecular formula is C13H18BrN3O. The lowest BCUT2D eigenvalue weighted by atomic mass is 10.2. The van der Waals surface area contributed by atoms with Gasteiger partial charge in [0, 0.05) is 22.7 Å². The summed E-state index contributed by atoms with van der Waals surface area (Å²) in [6.07, 6.45) is 0. The van der Waals surface area contributed by atoms with Gasteiger partial charge in [-0.3, -0.25) is 0 Å². The van der Waals surface area contributed by atoms with Crippen LogP contribution in [0.4, 0.5) is 5.69 Å². The van der Waals surface area contributed by atoms with Crippen LogP contribution in [0, 0.1) is 0 Å². The second-order valence-corrected chi connectivity index (χ2v) is 5.57. The number of aliphatic imine (C=N–C) groups is 1. The molecule has 4 nitrogen and oxygen atoms in total. The Morgan fingerprint density at radius 1 is 1.56 bits per heavy atom. The summed E-state index contributed by atoms with van der Waals surface area (Å²) in [5, 5.41) is 0. The van der Waals surface area contributed by atoms with E-state index in [9.17, 15) is 0 Å². The molecule has 1 unspecified atom stereocenters. The number of hydrogen-bond donors (Lipinski definition) is 1. The summed E-state index contributed by atoms with van der Waals surface area (Å²) in [4.78, 5) is 6.58. The van der Waals surface area contributed by atoms with E-state index < -0.39 is 0 Å². The van der Waals surface area contributed by atoms with E-state index >= 15 is 0 Å². The standard InChI is InChI=1S/C13H18BrN3O/c1-9(2)17(7-11-8-18-13(15)16-11)12-5-3-4-10(14)6-12/h3-6,9,11H,7-8H2,1-2H3,(H2,15,16). The Bertz CT molecular complexity index is 448. The summed E-state index contributed by atoms with van der Waals surface area (Å²) in [6, 6.07) is 9.10. The highest BCUT2D eigenvalue weighted by Crippen LogP contribution is 2.23. The molecule has 2 rings (SSSR count). The van der Waals surface area contributed by atoms with Crippen molar-refractivity contribution in [1.29, 1.82) is 0 Å². The normalized spacial score (nSPS) is 18.7. The van der Waals surface area contributed by atoms with Crippen molar-refractivity contribution in [2.45, 2.75) is 25.9 Å². The Hall–Kier alpha value is -1.23. The lowest BCUT2D eigenvalue weighted by molar-refractivity contribution is 0.312. The maximum atomic E-state index is 5.54. The van der Waals surface area contributed by atoms with E-state index in [2.05, 4.69) is 51.8 Å². The molecule has 0 bridgehead atoms. The third kappa shape index (κ3) is 3.16. The van der Waals surface area contributed by atoms with Gasteiger partial charge in [0.05, 0.1) is 0 Å². The van der Waals surface area contributed by atoms with Gasteiger partial charge in [0.25, 0.3) is 6.02 Å². The van der Waals surface area contributed by atoms with E-state index in [0.29, 0.717) is 18.7 Å². The maximum absolute atomic E-state index is 5.54. The van der Waals surface area contributed by atoms with Crippen LogP contribution in [0.25, 0.3) is 0 Å². The second-order valence-electron chi connectivity index (χ2n) is 4.66. The lowest BCUT2D eigenvalue weighted by Gasteiger charge is -2.30. The molecule has 0 saturated heterocycles. The average molecular weight is 312 g/mol. The molecule has 1 aromatic carbocycles. The van der Waals surface area contributed by atoms with E-state index in [1.54, 1.807) is 0 Å². The number of halogens is 1. The molecule has 1 heterocycles. The maximum Gasteiger partial charge on any atom is 0.282 e. The number of benzene rings is 1. The zero-order valence-corrected chi connectivity index (χ0v) is 12.2. The van der Waals surface area contributed by atoms with Crippen molar-refractivity contribution in [1.82, 2.24) is 0 Å². The molecule has 0 fully saturated rings. The van der Waals surface area contributed by atoms with Crippen LogP contribution < -0.4 is 10.6 Å². The number of amidine groups is 1. The average Bonchev–Trinajstić information content (AvgIpc) is 2.71. The van der Waals surface area contributed by atoms with Crippen LogP contribution in [0.2, 0.25) is 0 Å². The molecule has 5 heteroatoms. The van der Waals surface area contributed by atoms with Crippen molar-refractivity contribution in [3.8, 4) is 0 Å². The van der Waals surface area contributed by atoms with Crippen molar-refractivity contribution in [2.75, 3.05) is 18.1 Å². The van der Waals surface area contributed by atoms with E-state index in [-0.39, 0.29) is 6.04 Å². The number of hydrogen-bond acceptors (Lipinski definition) is 4. The van der Waals surface area contributed by atoms with E-state index in [4.69, 9.17) is 10.5 Å². The van der Waals surface area contributed by atoms with Gasteiger partial charge in [-0.15, -0.1) is 0 Å². The Balaban J connectivity index is 2.14. The van der Waals surface area contributed by atoms with E-state index in [1.165, 1.54) is 5.69 Å². The predicted octanol–water partition coefficient (Wildman–Crippen LogP) is 2.38. The quantitative estimate of drug-likeness (QED) is 0.929. The van der Waals surface area contributed by atoms with E-state index in [1.807, 2.05) is 12.1 Å². The van der Waals surface area contributed by atoms with Gasteiger partial charge in [0.2, 0.25) is 0 Å². The number of nitrogens with zero attached hydrogens (tertiary/aromatic N) is 2. The largest absolute Gasteiger partial charge is 0.463 e. The summed E-state index contributed by atoms with van der Waals surface area (Å²) < 4.78 is 6.28. The molecule has 1 aliphatic rings. The van der Waals surface area contributed by atoms with Gasteiger partial charge in [-0.25, -0.2) is 4.99 Å². The van der Waals surface area contributed by atoms with Crippen LogP contribution in [0.1, 0.15) is 13.8 Å². The minimum atomic E-state index is 0.117. The topological polar surface area (TPSA) is 50.9 Å². The highest BCUT2D eigenvalue weighted by Gasteiger charge is 2.21. The number of ether oxygens (including phenoxy) is 1. The first kappa shape index (κ1) is 13.2. The monoisotopic (exact) mass is 311 g/mol. The molecular weight excluding hydrogens is 294 g/mol. The summed E-state index contributed by atoms with van der Waals surface area (Å²) in [6.45, 7) is 5.73. The summed E-state index contributed by atoms with van der Waals surface area (Å²) in [5.41, 5.74) is 6.72. The fraction of sp³-hybridized carbons (Fsp3) is 0.462. The van der Waals surface area contributed by atoms with Crippen molar-refractivity contribution in [3.63, 3.8) is 0 Å². The van der Waals surface area contributed by atoms with Crippen molar-refractivity contribution >= 4 is 27.6 Å². The Labute approximate surface area is 116 Å². The van der Waals surface area contributed by atoms with Gasteiger partial charge >= 0.3 is 0 Å². The molecule has 1 atom stereocenters. The van der Waals surface area contributed by atoms with Gasteiger partial charge in [-0.1, -0.05) is 22.0 Å². The molecule has 0 aromatic heterocycles. The Morgan fingerprint density at radius 3 is 2.89 bits per heavy atom. The molecule has 0 saturated carbocycles. The number of anilines is 1. The molecule has 18 heavy (non-hydrogen) atoms. The van der Waals surface area contributed by atoms with Gasteiger partial charge in [0.1, 0.15) is 12.6 Å². The van der Waals surface area contributed by atoms with E-state index in [0.717, 1.165) is 11.0 Å². The fourth-order valence-electron chi connectivity index (χ4n) is 2.03. The van der Waals surface area contributed by atoms with Crippen LogP contribution in [-0.4, -0.2) is 31.3 Å². The van der Waals surface area contributed by atoms with Crippen molar-refractivity contribution in [2.24, 2.45) is 10.7 Å². The van der Waals surface area contributed by atoms with Crippen LogP contribution in [0.5, 0.6) is 0 Å². The molecule has 2 N–H and O–H groups in total. The number of nitrogens with two attached hydrogens (primary N) is 1. The van der Waals surface area contributed by atoms with Crippen LogP contribution in [0.15, 0.2) is 33.7 Å². The van der Waals surface area contributed by atoms with Gasteiger partial charge in [-0.05, 0) is 32.0 Å². The molecule has 1 aliphatic heterocycles. The lowest BCUT2D eigenvalue weighted by Crippen LogP contribution is -2.37. The van der Waals surface area contributed by atoms with Crippen molar-refractivity contribution in [3.05, 3.63) is 28.7 Å².